The van der Waals surface area contributed by atoms with E-state index in [1.54, 1.807) is 11.3 Å². The Labute approximate surface area is 170 Å². The molecule has 3 aromatic rings. The van der Waals surface area contributed by atoms with E-state index < -0.39 is 0 Å². The SMILES string of the molecule is O=C(CSc1nnc(NCc2ccccc2)s1)N1CCCC1c1cccs1. The molecule has 0 saturated carbocycles. The maximum Gasteiger partial charge on any atom is 0.233 e. The lowest BCUT2D eigenvalue weighted by atomic mass is 10.2. The normalized spacial score (nSPS) is 16.6. The number of carbonyl (C=O) groups is 1. The third-order valence-corrected chi connectivity index (χ3v) is 7.43. The van der Waals surface area contributed by atoms with Crippen molar-refractivity contribution in [2.24, 2.45) is 0 Å². The van der Waals surface area contributed by atoms with Crippen molar-refractivity contribution in [2.45, 2.75) is 29.8 Å². The van der Waals surface area contributed by atoms with Gasteiger partial charge in [0.2, 0.25) is 11.0 Å². The molecule has 27 heavy (non-hydrogen) atoms. The molecule has 0 bridgehead atoms. The zero-order valence-electron chi connectivity index (χ0n) is 14.7. The molecular formula is C19H20N4OS3. The first kappa shape index (κ1) is 18.5. The number of rotatable bonds is 7. The van der Waals surface area contributed by atoms with Crippen molar-refractivity contribution >= 4 is 45.5 Å². The first-order valence-corrected chi connectivity index (χ1v) is 11.5. The lowest BCUT2D eigenvalue weighted by molar-refractivity contribution is -0.129. The Kier molecular flexibility index (Phi) is 6.06. The van der Waals surface area contributed by atoms with Crippen LogP contribution in [0.3, 0.4) is 0 Å². The van der Waals surface area contributed by atoms with Crippen LogP contribution in [-0.4, -0.2) is 33.3 Å². The Balaban J connectivity index is 1.28. The molecule has 1 aliphatic rings. The average Bonchev–Trinajstić information content (AvgIpc) is 3.46. The summed E-state index contributed by atoms with van der Waals surface area (Å²) < 4.78 is 0.825. The van der Waals surface area contributed by atoms with Crippen molar-refractivity contribution in [3.05, 3.63) is 58.3 Å². The van der Waals surface area contributed by atoms with Crippen molar-refractivity contribution in [1.82, 2.24) is 15.1 Å². The van der Waals surface area contributed by atoms with E-state index in [9.17, 15) is 4.79 Å². The Bertz CT molecular complexity index is 866. The molecule has 8 heteroatoms. The zero-order valence-corrected chi connectivity index (χ0v) is 17.2. The Morgan fingerprint density at radius 2 is 2.11 bits per heavy atom. The predicted octanol–water partition coefficient (Wildman–Crippen LogP) is 4.67. The van der Waals surface area contributed by atoms with E-state index in [2.05, 4.69) is 45.2 Å². The lowest BCUT2D eigenvalue weighted by Crippen LogP contribution is -2.31. The number of thiophene rings is 1. The van der Waals surface area contributed by atoms with Crippen LogP contribution in [0.5, 0.6) is 0 Å². The molecule has 0 radical (unpaired) electrons. The van der Waals surface area contributed by atoms with Crippen molar-refractivity contribution in [2.75, 3.05) is 17.6 Å². The summed E-state index contributed by atoms with van der Waals surface area (Å²) in [6.45, 7) is 1.57. The molecule has 4 rings (SSSR count). The molecule has 2 aromatic heterocycles. The minimum absolute atomic E-state index is 0.185. The quantitative estimate of drug-likeness (QED) is 0.567. The summed E-state index contributed by atoms with van der Waals surface area (Å²) in [5.41, 5.74) is 1.20. The van der Waals surface area contributed by atoms with E-state index in [0.717, 1.165) is 35.4 Å². The minimum atomic E-state index is 0.185. The van der Waals surface area contributed by atoms with Crippen LogP contribution >= 0.6 is 34.4 Å². The second-order valence-corrected chi connectivity index (χ2v) is 9.44. The molecule has 1 aliphatic heterocycles. The molecule has 0 aliphatic carbocycles. The number of benzene rings is 1. The Hall–Kier alpha value is -1.90. The summed E-state index contributed by atoms with van der Waals surface area (Å²) in [4.78, 5) is 16.0. The van der Waals surface area contributed by atoms with Gasteiger partial charge in [-0.05, 0) is 29.9 Å². The van der Waals surface area contributed by atoms with Crippen LogP contribution in [-0.2, 0) is 11.3 Å². The number of hydrogen-bond donors (Lipinski definition) is 1. The van der Waals surface area contributed by atoms with E-state index in [4.69, 9.17) is 0 Å². The first-order chi connectivity index (χ1) is 13.3. The summed E-state index contributed by atoms with van der Waals surface area (Å²) in [5, 5.41) is 14.5. The van der Waals surface area contributed by atoms with Crippen LogP contribution < -0.4 is 5.32 Å². The fourth-order valence-corrected chi connectivity index (χ4v) is 5.67. The standard InChI is InChI=1S/C19H20N4OS3/c24-17(23-10-4-8-15(23)16-9-5-11-25-16)13-26-19-22-21-18(27-19)20-12-14-6-2-1-3-7-14/h1-3,5-7,9,11,15H,4,8,10,12-13H2,(H,20,21). The summed E-state index contributed by atoms with van der Waals surface area (Å²) in [6.07, 6.45) is 2.13. The number of thioether (sulfide) groups is 1. The van der Waals surface area contributed by atoms with Gasteiger partial charge in [-0.1, -0.05) is 59.5 Å². The largest absolute Gasteiger partial charge is 0.356 e. The summed E-state index contributed by atoms with van der Waals surface area (Å²) >= 11 is 4.70. The number of nitrogens with zero attached hydrogens (tertiary/aromatic N) is 3. The summed E-state index contributed by atoms with van der Waals surface area (Å²) in [7, 11) is 0. The third-order valence-electron chi connectivity index (χ3n) is 4.46. The van der Waals surface area contributed by atoms with Crippen LogP contribution in [0.4, 0.5) is 5.13 Å². The molecular weight excluding hydrogens is 396 g/mol. The number of likely N-dealkylation sites (tertiary alicyclic amines) is 1. The molecule has 5 nitrogen and oxygen atoms in total. The van der Waals surface area contributed by atoms with E-state index in [1.807, 2.05) is 23.1 Å². The fraction of sp³-hybridized carbons (Fsp3) is 0.316. The monoisotopic (exact) mass is 416 g/mol. The second-order valence-electron chi connectivity index (χ2n) is 6.26. The van der Waals surface area contributed by atoms with Gasteiger partial charge in [-0.2, -0.15) is 0 Å². The highest BCUT2D eigenvalue weighted by Gasteiger charge is 2.30. The van der Waals surface area contributed by atoms with Crippen molar-refractivity contribution in [3.63, 3.8) is 0 Å². The molecule has 1 N–H and O–H groups in total. The maximum atomic E-state index is 12.7. The molecule has 0 spiro atoms. The topological polar surface area (TPSA) is 58.1 Å². The number of aromatic nitrogens is 2. The van der Waals surface area contributed by atoms with Crippen LogP contribution in [0.2, 0.25) is 0 Å². The number of anilines is 1. The van der Waals surface area contributed by atoms with Crippen molar-refractivity contribution < 1.29 is 4.79 Å². The van der Waals surface area contributed by atoms with Gasteiger partial charge in [0.05, 0.1) is 11.8 Å². The number of hydrogen-bond acceptors (Lipinski definition) is 7. The molecule has 1 aromatic carbocycles. The van der Waals surface area contributed by atoms with Gasteiger partial charge in [0.15, 0.2) is 4.34 Å². The number of nitrogens with one attached hydrogen (secondary N) is 1. The zero-order chi connectivity index (χ0) is 18.5. The average molecular weight is 417 g/mol. The van der Waals surface area contributed by atoms with Gasteiger partial charge in [0.1, 0.15) is 0 Å². The number of amides is 1. The Morgan fingerprint density at radius 1 is 1.22 bits per heavy atom. The molecule has 1 atom stereocenters. The van der Waals surface area contributed by atoms with E-state index in [-0.39, 0.29) is 11.9 Å². The van der Waals surface area contributed by atoms with Crippen molar-refractivity contribution in [1.29, 1.82) is 0 Å². The molecule has 140 valence electrons. The molecule has 1 unspecified atom stereocenters. The van der Waals surface area contributed by atoms with Crippen molar-refractivity contribution in [3.8, 4) is 0 Å². The fourth-order valence-electron chi connectivity index (χ4n) is 3.16. The smallest absolute Gasteiger partial charge is 0.233 e. The highest BCUT2D eigenvalue weighted by Crippen LogP contribution is 2.35. The summed E-state index contributed by atoms with van der Waals surface area (Å²) in [5.74, 6) is 0.597. The van der Waals surface area contributed by atoms with Gasteiger partial charge in [0.25, 0.3) is 0 Å². The van der Waals surface area contributed by atoms with Gasteiger partial charge in [-0.3, -0.25) is 4.79 Å². The minimum Gasteiger partial charge on any atom is -0.356 e. The Morgan fingerprint density at radius 3 is 2.93 bits per heavy atom. The maximum absolute atomic E-state index is 12.7. The van der Waals surface area contributed by atoms with Gasteiger partial charge in [-0.15, -0.1) is 21.5 Å². The van der Waals surface area contributed by atoms with E-state index in [0.29, 0.717) is 5.75 Å². The number of carbonyl (C=O) groups excluding carboxylic acids is 1. The molecule has 1 fully saturated rings. The van der Waals surface area contributed by atoms with Crippen LogP contribution in [0.25, 0.3) is 0 Å². The molecule has 1 amide bonds. The van der Waals surface area contributed by atoms with E-state index >= 15 is 0 Å². The van der Waals surface area contributed by atoms with Gasteiger partial charge >= 0.3 is 0 Å². The van der Waals surface area contributed by atoms with Gasteiger partial charge in [0, 0.05) is 18.0 Å². The lowest BCUT2D eigenvalue weighted by Gasteiger charge is -2.23. The second kappa shape index (κ2) is 8.86. The van der Waals surface area contributed by atoms with Crippen LogP contribution in [0, 0.1) is 0 Å². The van der Waals surface area contributed by atoms with Gasteiger partial charge in [-0.25, -0.2) is 0 Å². The third kappa shape index (κ3) is 4.69. The predicted molar refractivity (Wildman–Crippen MR) is 112 cm³/mol. The van der Waals surface area contributed by atoms with Crippen LogP contribution in [0.1, 0.15) is 29.3 Å². The van der Waals surface area contributed by atoms with Gasteiger partial charge < -0.3 is 10.2 Å². The summed E-state index contributed by atoms with van der Waals surface area (Å²) in [6, 6.07) is 14.6. The highest BCUT2D eigenvalue weighted by molar-refractivity contribution is 8.01. The molecule has 3 heterocycles. The first-order valence-electron chi connectivity index (χ1n) is 8.86. The highest BCUT2D eigenvalue weighted by atomic mass is 32.2. The molecule has 1 saturated heterocycles. The van der Waals surface area contributed by atoms with Crippen LogP contribution in [0.15, 0.2) is 52.2 Å². The van der Waals surface area contributed by atoms with E-state index in [1.165, 1.54) is 33.5 Å².